The third-order valence-corrected chi connectivity index (χ3v) is 5.20. The summed E-state index contributed by atoms with van der Waals surface area (Å²) in [6.45, 7) is 0. The quantitative estimate of drug-likeness (QED) is 0.748. The molecular formula is C13H8BrO4S-. The number of rotatable bonds is 1. The predicted octanol–water partition coefficient (Wildman–Crippen LogP) is 2.78. The van der Waals surface area contributed by atoms with Crippen LogP contribution in [0.2, 0.25) is 0 Å². The summed E-state index contributed by atoms with van der Waals surface area (Å²) in [5.74, 6) is -0.305. The molecule has 3 rings (SSSR count). The predicted molar refractivity (Wildman–Crippen MR) is 73.0 cm³/mol. The molecule has 0 amide bonds. The molecule has 2 aromatic carbocycles. The Morgan fingerprint density at radius 1 is 1.21 bits per heavy atom. The van der Waals surface area contributed by atoms with Crippen LogP contribution in [0.25, 0.3) is 10.8 Å². The molecule has 19 heavy (non-hydrogen) atoms. The Balaban J connectivity index is 2.48. The summed E-state index contributed by atoms with van der Waals surface area (Å²) in [6.07, 6.45) is -0.278. The summed E-state index contributed by atoms with van der Waals surface area (Å²) >= 11 is 3.37. The Hall–Kier alpha value is -1.24. The lowest BCUT2D eigenvalue weighted by Gasteiger charge is -2.27. The topological polar surface area (TPSA) is 74.3 Å². The zero-order chi connectivity index (χ0) is 13.8. The average molecular weight is 340 g/mol. The van der Waals surface area contributed by atoms with Crippen molar-refractivity contribution in [3.63, 3.8) is 0 Å². The van der Waals surface area contributed by atoms with Gasteiger partial charge in [-0.05, 0) is 22.4 Å². The second kappa shape index (κ2) is 4.13. The van der Waals surface area contributed by atoms with Gasteiger partial charge in [0, 0.05) is 16.5 Å². The van der Waals surface area contributed by atoms with Crippen LogP contribution in [0.4, 0.5) is 0 Å². The molecule has 0 radical (unpaired) electrons. The van der Waals surface area contributed by atoms with Crippen LogP contribution in [-0.4, -0.2) is 18.8 Å². The number of carbonyl (C=O) groups excluding carboxylic acids is 1. The maximum atomic E-state index is 12.0. The first kappa shape index (κ1) is 12.8. The molecule has 0 heterocycles. The molecule has 98 valence electrons. The van der Waals surface area contributed by atoms with Crippen LogP contribution in [0.15, 0.2) is 34.8 Å². The van der Waals surface area contributed by atoms with Crippen molar-refractivity contribution in [1.29, 1.82) is 0 Å². The van der Waals surface area contributed by atoms with E-state index >= 15 is 0 Å². The second-order valence-electron chi connectivity index (χ2n) is 4.47. The highest BCUT2D eigenvalue weighted by Gasteiger charge is 2.31. The molecule has 1 unspecified atom stereocenters. The van der Waals surface area contributed by atoms with Crippen LogP contribution in [0.1, 0.15) is 27.6 Å². The van der Waals surface area contributed by atoms with Crippen molar-refractivity contribution in [2.75, 3.05) is 0 Å². The summed E-state index contributed by atoms with van der Waals surface area (Å²) < 4.78 is 34.8. The Kier molecular flexibility index (Phi) is 2.78. The van der Waals surface area contributed by atoms with Crippen LogP contribution in [0.5, 0.6) is 0 Å². The zero-order valence-electron chi connectivity index (χ0n) is 9.59. The van der Waals surface area contributed by atoms with E-state index in [1.165, 1.54) is 0 Å². The molecule has 1 aliphatic carbocycles. The van der Waals surface area contributed by atoms with Crippen molar-refractivity contribution in [1.82, 2.24) is 0 Å². The van der Waals surface area contributed by atoms with Gasteiger partial charge in [-0.1, -0.05) is 40.2 Å². The SMILES string of the molecule is O=C1CC(S(=O)(=O)[O-])c2ccc(Br)c3cccc1c23. The van der Waals surface area contributed by atoms with Gasteiger partial charge in [-0.15, -0.1) is 0 Å². The van der Waals surface area contributed by atoms with Gasteiger partial charge in [-0.2, -0.15) is 0 Å². The Bertz CT molecular complexity index is 811. The zero-order valence-corrected chi connectivity index (χ0v) is 12.0. The van der Waals surface area contributed by atoms with E-state index < -0.39 is 15.4 Å². The standard InChI is InChI=1S/C13H9BrO4S/c14-10-5-4-9-12(19(16,17)18)6-11(15)8-3-1-2-7(10)13(8)9/h1-5,12H,6H2,(H,16,17,18)/p-1. The number of carbonyl (C=O) groups is 1. The van der Waals surface area contributed by atoms with Crippen LogP contribution < -0.4 is 0 Å². The molecule has 0 spiro atoms. The van der Waals surface area contributed by atoms with Crippen molar-refractivity contribution in [3.05, 3.63) is 45.9 Å². The summed E-state index contributed by atoms with van der Waals surface area (Å²) in [5, 5.41) is 0.0275. The fourth-order valence-electron chi connectivity index (χ4n) is 2.54. The number of halogens is 1. The summed E-state index contributed by atoms with van der Waals surface area (Å²) in [6, 6.07) is 8.50. The van der Waals surface area contributed by atoms with Gasteiger partial charge < -0.3 is 4.55 Å². The van der Waals surface area contributed by atoms with Crippen molar-refractivity contribution in [3.8, 4) is 0 Å². The highest BCUT2D eigenvalue weighted by atomic mass is 79.9. The van der Waals surface area contributed by atoms with E-state index in [0.717, 1.165) is 9.86 Å². The van der Waals surface area contributed by atoms with Gasteiger partial charge in [0.2, 0.25) is 0 Å². The molecule has 0 saturated heterocycles. The molecular weight excluding hydrogens is 332 g/mol. The highest BCUT2D eigenvalue weighted by molar-refractivity contribution is 9.10. The molecule has 2 aromatic rings. The number of hydrogen-bond donors (Lipinski definition) is 0. The largest absolute Gasteiger partial charge is 0.747 e. The van der Waals surface area contributed by atoms with Crippen LogP contribution in [0.3, 0.4) is 0 Å². The molecule has 1 atom stereocenters. The van der Waals surface area contributed by atoms with Crippen molar-refractivity contribution >= 4 is 42.6 Å². The van der Waals surface area contributed by atoms with E-state index in [-0.39, 0.29) is 12.2 Å². The molecule has 0 saturated carbocycles. The minimum atomic E-state index is -4.55. The first-order valence-corrected chi connectivity index (χ1v) is 7.85. The molecule has 6 heteroatoms. The molecule has 0 N–H and O–H groups in total. The second-order valence-corrected chi connectivity index (χ2v) is 6.88. The van der Waals surface area contributed by atoms with Gasteiger partial charge in [-0.3, -0.25) is 4.79 Å². The van der Waals surface area contributed by atoms with Gasteiger partial charge in [0.1, 0.15) is 10.1 Å². The fourth-order valence-corrected chi connectivity index (χ4v) is 3.87. The molecule has 0 bridgehead atoms. The molecule has 4 nitrogen and oxygen atoms in total. The van der Waals surface area contributed by atoms with Gasteiger partial charge in [-0.25, -0.2) is 8.42 Å². The molecule has 0 aliphatic heterocycles. The fraction of sp³-hybridized carbons (Fsp3) is 0.154. The van der Waals surface area contributed by atoms with E-state index in [1.54, 1.807) is 30.3 Å². The van der Waals surface area contributed by atoms with Crippen molar-refractivity contribution in [2.45, 2.75) is 11.7 Å². The molecule has 0 fully saturated rings. The number of hydrogen-bond acceptors (Lipinski definition) is 4. The van der Waals surface area contributed by atoms with Crippen molar-refractivity contribution < 1.29 is 17.8 Å². The van der Waals surface area contributed by atoms with E-state index in [0.29, 0.717) is 16.5 Å². The number of ketones is 1. The third kappa shape index (κ3) is 1.91. The van der Waals surface area contributed by atoms with E-state index in [9.17, 15) is 17.8 Å². The van der Waals surface area contributed by atoms with Gasteiger partial charge in [0.15, 0.2) is 5.78 Å². The normalized spacial score (nSPS) is 18.8. The molecule has 1 aliphatic rings. The van der Waals surface area contributed by atoms with Gasteiger partial charge in [0.25, 0.3) is 0 Å². The monoisotopic (exact) mass is 339 g/mol. The average Bonchev–Trinajstić information content (AvgIpc) is 2.35. The summed E-state index contributed by atoms with van der Waals surface area (Å²) in [4.78, 5) is 12.0. The van der Waals surface area contributed by atoms with Crippen LogP contribution in [-0.2, 0) is 10.1 Å². The lowest BCUT2D eigenvalue weighted by Crippen LogP contribution is -2.21. The molecule has 0 aromatic heterocycles. The van der Waals surface area contributed by atoms with E-state index in [4.69, 9.17) is 0 Å². The highest BCUT2D eigenvalue weighted by Crippen LogP contribution is 2.41. The maximum Gasteiger partial charge on any atom is 0.165 e. The summed E-state index contributed by atoms with van der Waals surface area (Å²) in [5.41, 5.74) is 0.900. The van der Waals surface area contributed by atoms with E-state index in [1.807, 2.05) is 0 Å². The van der Waals surface area contributed by atoms with Crippen molar-refractivity contribution in [2.24, 2.45) is 0 Å². The van der Waals surface area contributed by atoms with Gasteiger partial charge >= 0.3 is 0 Å². The lowest BCUT2D eigenvalue weighted by atomic mass is 9.87. The maximum absolute atomic E-state index is 12.0. The first-order valence-electron chi connectivity index (χ1n) is 5.58. The Morgan fingerprint density at radius 2 is 1.95 bits per heavy atom. The van der Waals surface area contributed by atoms with Crippen LogP contribution in [0, 0.1) is 0 Å². The third-order valence-electron chi connectivity index (χ3n) is 3.39. The lowest BCUT2D eigenvalue weighted by molar-refractivity contribution is 0.0978. The number of benzene rings is 2. The smallest absolute Gasteiger partial charge is 0.165 e. The van der Waals surface area contributed by atoms with Crippen LogP contribution >= 0.6 is 15.9 Å². The minimum absolute atomic E-state index is 0.278. The number of Topliss-reactive ketones (excluding diaryl/α,β-unsaturated/α-hetero) is 1. The Labute approximate surface area is 118 Å². The van der Waals surface area contributed by atoms with E-state index in [2.05, 4.69) is 15.9 Å². The summed E-state index contributed by atoms with van der Waals surface area (Å²) in [7, 11) is -4.55. The Morgan fingerprint density at radius 3 is 2.63 bits per heavy atom. The first-order chi connectivity index (χ1) is 8.89. The minimum Gasteiger partial charge on any atom is -0.747 e. The van der Waals surface area contributed by atoms with Gasteiger partial charge in [0.05, 0.1) is 5.25 Å².